The lowest BCUT2D eigenvalue weighted by Gasteiger charge is -2.29. The van der Waals surface area contributed by atoms with E-state index in [1.54, 1.807) is 42.5 Å². The third kappa shape index (κ3) is 2.85. The summed E-state index contributed by atoms with van der Waals surface area (Å²) in [4.78, 5) is 1.90. The van der Waals surface area contributed by atoms with E-state index < -0.39 is 0 Å². The number of benzene rings is 2. The summed E-state index contributed by atoms with van der Waals surface area (Å²) in [7, 11) is 1.86. The van der Waals surface area contributed by atoms with Gasteiger partial charge in [0.2, 0.25) is 0 Å². The van der Waals surface area contributed by atoms with Crippen molar-refractivity contribution in [2.75, 3.05) is 18.5 Å². The Hall–Kier alpha value is -2.07. The van der Waals surface area contributed by atoms with Crippen molar-refractivity contribution in [3.05, 3.63) is 59.9 Å². The highest BCUT2D eigenvalue weighted by atomic mass is 19.1. The van der Waals surface area contributed by atoms with E-state index in [2.05, 4.69) is 0 Å². The first-order valence-corrected chi connectivity index (χ1v) is 6.10. The summed E-state index contributed by atoms with van der Waals surface area (Å²) in [5.41, 5.74) is 7.23. The summed E-state index contributed by atoms with van der Waals surface area (Å²) in [6.07, 6.45) is 0. The predicted molar refractivity (Wildman–Crippen MR) is 74.7 cm³/mol. The van der Waals surface area contributed by atoms with Crippen LogP contribution in [0.5, 0.6) is 5.75 Å². The molecule has 1 unspecified atom stereocenters. The normalized spacial score (nSPS) is 12.2. The Kier molecular flexibility index (Phi) is 4.02. The minimum Gasteiger partial charge on any atom is -0.508 e. The lowest BCUT2D eigenvalue weighted by molar-refractivity contribution is 0.475. The predicted octanol–water partition coefficient (Wildman–Crippen LogP) is 2.67. The van der Waals surface area contributed by atoms with Crippen molar-refractivity contribution in [2.24, 2.45) is 5.73 Å². The number of likely N-dealkylation sites (N-methyl/N-ethyl adjacent to an activating group) is 1. The van der Waals surface area contributed by atoms with Crippen LogP contribution in [0.15, 0.2) is 48.5 Å². The lowest BCUT2D eigenvalue weighted by atomic mass is 10.0. The molecule has 0 aromatic heterocycles. The first-order valence-electron chi connectivity index (χ1n) is 6.10. The zero-order chi connectivity index (χ0) is 13.8. The molecule has 0 saturated heterocycles. The second-order valence-corrected chi connectivity index (χ2v) is 4.40. The van der Waals surface area contributed by atoms with Crippen LogP contribution in [0.2, 0.25) is 0 Å². The summed E-state index contributed by atoms with van der Waals surface area (Å²) in [6.45, 7) is 0.304. The summed E-state index contributed by atoms with van der Waals surface area (Å²) in [6, 6.07) is 13.1. The lowest BCUT2D eigenvalue weighted by Crippen LogP contribution is -2.31. The summed E-state index contributed by atoms with van der Waals surface area (Å²) < 4.78 is 13.8. The molecule has 0 bridgehead atoms. The van der Waals surface area contributed by atoms with Gasteiger partial charge in [0.05, 0.1) is 6.04 Å². The van der Waals surface area contributed by atoms with Crippen LogP contribution in [0, 0.1) is 5.82 Å². The molecule has 2 aromatic carbocycles. The van der Waals surface area contributed by atoms with E-state index in [-0.39, 0.29) is 17.6 Å². The number of nitrogens with two attached hydrogens (primary N) is 1. The molecule has 1 atom stereocenters. The molecular formula is C15H17FN2O. The molecule has 0 spiro atoms. The van der Waals surface area contributed by atoms with Gasteiger partial charge >= 0.3 is 0 Å². The molecule has 0 amide bonds. The Balaban J connectivity index is 2.32. The quantitative estimate of drug-likeness (QED) is 0.888. The molecule has 0 saturated carbocycles. The molecule has 0 aliphatic rings. The van der Waals surface area contributed by atoms with Crippen molar-refractivity contribution in [2.45, 2.75) is 6.04 Å². The monoisotopic (exact) mass is 260 g/mol. The smallest absolute Gasteiger partial charge is 0.128 e. The van der Waals surface area contributed by atoms with Crippen LogP contribution in [-0.4, -0.2) is 18.7 Å². The molecule has 0 fully saturated rings. The highest BCUT2D eigenvalue weighted by molar-refractivity contribution is 5.50. The van der Waals surface area contributed by atoms with Crippen molar-refractivity contribution < 1.29 is 9.50 Å². The third-order valence-corrected chi connectivity index (χ3v) is 3.21. The fraction of sp³-hybridized carbons (Fsp3) is 0.200. The van der Waals surface area contributed by atoms with Gasteiger partial charge in [-0.15, -0.1) is 0 Å². The molecule has 0 radical (unpaired) electrons. The van der Waals surface area contributed by atoms with E-state index in [1.807, 2.05) is 11.9 Å². The van der Waals surface area contributed by atoms with Gasteiger partial charge in [-0.05, 0) is 30.3 Å². The van der Waals surface area contributed by atoms with Gasteiger partial charge < -0.3 is 15.7 Å². The summed E-state index contributed by atoms with van der Waals surface area (Å²) in [5, 5.41) is 9.29. The fourth-order valence-electron chi connectivity index (χ4n) is 2.11. The van der Waals surface area contributed by atoms with Crippen LogP contribution in [0.3, 0.4) is 0 Å². The van der Waals surface area contributed by atoms with Crippen molar-refractivity contribution in [1.29, 1.82) is 0 Å². The molecule has 100 valence electrons. The van der Waals surface area contributed by atoms with E-state index in [9.17, 15) is 9.50 Å². The van der Waals surface area contributed by atoms with Crippen molar-refractivity contribution in [3.8, 4) is 5.75 Å². The number of phenolic OH excluding ortho intramolecular Hbond substituents is 1. The van der Waals surface area contributed by atoms with Gasteiger partial charge in [-0.1, -0.05) is 18.2 Å². The van der Waals surface area contributed by atoms with Gasteiger partial charge in [-0.25, -0.2) is 4.39 Å². The van der Waals surface area contributed by atoms with E-state index >= 15 is 0 Å². The largest absolute Gasteiger partial charge is 0.508 e. The second kappa shape index (κ2) is 5.71. The minimum absolute atomic E-state index is 0.201. The van der Waals surface area contributed by atoms with Crippen molar-refractivity contribution >= 4 is 5.69 Å². The Morgan fingerprint density at radius 2 is 1.79 bits per heavy atom. The van der Waals surface area contributed by atoms with E-state index in [4.69, 9.17) is 5.73 Å². The molecule has 4 heteroatoms. The molecule has 3 N–H and O–H groups in total. The number of rotatable bonds is 4. The molecule has 0 heterocycles. The van der Waals surface area contributed by atoms with E-state index in [1.165, 1.54) is 6.07 Å². The summed E-state index contributed by atoms with van der Waals surface area (Å²) in [5.74, 6) is -0.0593. The maximum absolute atomic E-state index is 13.8. The molecule has 0 aliphatic heterocycles. The molecule has 2 aromatic rings. The first-order chi connectivity index (χ1) is 9.13. The Morgan fingerprint density at radius 1 is 1.16 bits per heavy atom. The molecule has 19 heavy (non-hydrogen) atoms. The highest BCUT2D eigenvalue weighted by Gasteiger charge is 2.19. The van der Waals surface area contributed by atoms with E-state index in [0.29, 0.717) is 12.1 Å². The highest BCUT2D eigenvalue weighted by Crippen LogP contribution is 2.27. The third-order valence-electron chi connectivity index (χ3n) is 3.21. The van der Waals surface area contributed by atoms with Crippen LogP contribution in [0.4, 0.5) is 10.1 Å². The fourth-order valence-corrected chi connectivity index (χ4v) is 2.11. The van der Waals surface area contributed by atoms with Crippen LogP contribution < -0.4 is 10.6 Å². The number of hydrogen-bond acceptors (Lipinski definition) is 3. The van der Waals surface area contributed by atoms with Gasteiger partial charge in [0, 0.05) is 24.8 Å². The average Bonchev–Trinajstić information content (AvgIpc) is 2.42. The number of anilines is 1. The van der Waals surface area contributed by atoms with Gasteiger partial charge in [-0.2, -0.15) is 0 Å². The zero-order valence-electron chi connectivity index (χ0n) is 10.8. The molecule has 2 rings (SSSR count). The molecular weight excluding hydrogens is 243 g/mol. The Morgan fingerprint density at radius 3 is 2.37 bits per heavy atom. The minimum atomic E-state index is -0.261. The van der Waals surface area contributed by atoms with Crippen LogP contribution in [0.1, 0.15) is 11.6 Å². The number of aromatic hydroxyl groups is 1. The first kappa shape index (κ1) is 13.4. The maximum Gasteiger partial charge on any atom is 0.128 e. The van der Waals surface area contributed by atoms with Crippen LogP contribution in [0.25, 0.3) is 0 Å². The topological polar surface area (TPSA) is 49.5 Å². The maximum atomic E-state index is 13.8. The van der Waals surface area contributed by atoms with Crippen molar-refractivity contribution in [1.82, 2.24) is 0 Å². The number of halogens is 1. The summed E-state index contributed by atoms with van der Waals surface area (Å²) >= 11 is 0. The number of hydrogen-bond donors (Lipinski definition) is 2. The Bertz CT molecular complexity index is 542. The Labute approximate surface area is 112 Å². The van der Waals surface area contributed by atoms with Gasteiger partial charge in [0.25, 0.3) is 0 Å². The number of phenols is 1. The SMILES string of the molecule is CN(c1ccc(O)cc1)C(CN)c1ccccc1F. The average molecular weight is 260 g/mol. The standard InChI is InChI=1S/C15H17FN2O/c1-18(11-6-8-12(19)9-7-11)15(10-17)13-4-2-3-5-14(13)16/h2-9,15,19H,10,17H2,1H3. The van der Waals surface area contributed by atoms with Crippen molar-refractivity contribution in [3.63, 3.8) is 0 Å². The van der Waals surface area contributed by atoms with Gasteiger partial charge in [0.15, 0.2) is 0 Å². The van der Waals surface area contributed by atoms with Gasteiger partial charge in [-0.3, -0.25) is 0 Å². The van der Waals surface area contributed by atoms with Gasteiger partial charge in [0.1, 0.15) is 11.6 Å². The van der Waals surface area contributed by atoms with Crippen LogP contribution >= 0.6 is 0 Å². The molecule has 3 nitrogen and oxygen atoms in total. The second-order valence-electron chi connectivity index (χ2n) is 4.40. The number of nitrogens with zero attached hydrogens (tertiary/aromatic N) is 1. The zero-order valence-corrected chi connectivity index (χ0v) is 10.8. The van der Waals surface area contributed by atoms with E-state index in [0.717, 1.165) is 5.69 Å². The molecule has 0 aliphatic carbocycles. The van der Waals surface area contributed by atoms with Crippen LogP contribution in [-0.2, 0) is 0 Å².